The van der Waals surface area contributed by atoms with E-state index in [1.807, 2.05) is 0 Å². The predicted molar refractivity (Wildman–Crippen MR) is 57.0 cm³/mol. The summed E-state index contributed by atoms with van der Waals surface area (Å²) in [5.41, 5.74) is 0. The van der Waals surface area contributed by atoms with Gasteiger partial charge in [0.25, 0.3) is 10.1 Å². The Hall–Kier alpha value is 0.313. The van der Waals surface area contributed by atoms with Gasteiger partial charge < -0.3 is 28.7 Å². The van der Waals surface area contributed by atoms with E-state index in [1.54, 1.807) is 0 Å². The zero-order chi connectivity index (χ0) is 15.5. The minimum atomic E-state index is -5.19. The maximum atomic E-state index is 10.7. The van der Waals surface area contributed by atoms with Crippen molar-refractivity contribution in [3.8, 4) is 0 Å². The van der Waals surface area contributed by atoms with E-state index < -0.39 is 35.5 Å². The standard InChI is InChI=1S/C6H7O6PS.CH5O3P.Zr/c7-13(8,9)5-3-1-2-4-6(5)14(10,11)12;1-5(2,3)4;/h1-4H,(H2,7,8,9)(H,10,11,12);1H3,(H2,2,3,4);/q;;+4/p-4. The Labute approximate surface area is 134 Å². The molecule has 13 heteroatoms. The van der Waals surface area contributed by atoms with E-state index in [2.05, 4.69) is 0 Å². The average Bonchev–Trinajstić information content (AvgIpc) is 2.12. The molecule has 0 amide bonds. The van der Waals surface area contributed by atoms with E-state index in [9.17, 15) is 22.8 Å². The summed E-state index contributed by atoms with van der Waals surface area (Å²) in [4.78, 5) is 38.5. The van der Waals surface area contributed by atoms with Gasteiger partial charge in [-0.3, -0.25) is 4.55 Å². The first kappa shape index (κ1) is 22.6. The van der Waals surface area contributed by atoms with Gasteiger partial charge in [-0.15, -0.1) is 0 Å². The molecule has 0 radical (unpaired) electrons. The number of hydrogen-bond acceptors (Lipinski definition) is 8. The fraction of sp³-hybridized carbons (Fsp3) is 0.143. The van der Waals surface area contributed by atoms with Crippen LogP contribution in [0.3, 0.4) is 0 Å². The Kier molecular flexibility index (Phi) is 9.13. The summed E-state index contributed by atoms with van der Waals surface area (Å²) < 4.78 is 49.6. The van der Waals surface area contributed by atoms with E-state index in [4.69, 9.17) is 18.9 Å². The van der Waals surface area contributed by atoms with Crippen LogP contribution in [0.2, 0.25) is 0 Å². The number of benzene rings is 1. The van der Waals surface area contributed by atoms with Crippen molar-refractivity contribution >= 4 is 30.6 Å². The summed E-state index contributed by atoms with van der Waals surface area (Å²) in [5.74, 6) is 0. The molecule has 0 aromatic heterocycles. The van der Waals surface area contributed by atoms with Crippen LogP contribution in [0.15, 0.2) is 29.2 Å². The van der Waals surface area contributed by atoms with Crippen molar-refractivity contribution in [3.63, 3.8) is 0 Å². The largest absolute Gasteiger partial charge is 4.00 e. The SMILES string of the molecule is CP(=O)([O-])[O-].O=P([O-])([O-])c1ccccc1S(=O)(=O)O.[Zr+4]. The third-order valence-corrected chi connectivity index (χ3v) is 3.48. The number of rotatable bonds is 2. The van der Waals surface area contributed by atoms with Gasteiger partial charge in [-0.1, -0.05) is 25.8 Å². The van der Waals surface area contributed by atoms with Crippen LogP contribution in [0, 0.1) is 0 Å². The molecule has 0 saturated heterocycles. The second-order valence-corrected chi connectivity index (χ2v) is 7.62. The summed E-state index contributed by atoms with van der Waals surface area (Å²) in [7, 11) is -14.0. The average molecular weight is 421 g/mol. The fourth-order valence-electron chi connectivity index (χ4n) is 0.902. The van der Waals surface area contributed by atoms with E-state index in [0.29, 0.717) is 6.66 Å². The summed E-state index contributed by atoms with van der Waals surface area (Å²) >= 11 is 0. The van der Waals surface area contributed by atoms with Crippen molar-refractivity contribution < 1.29 is 67.9 Å². The molecule has 0 fully saturated rings. The molecule has 0 atom stereocenters. The molecule has 0 heterocycles. The molecular weight excluding hydrogens is 413 g/mol. The van der Waals surface area contributed by atoms with Gasteiger partial charge in [0.2, 0.25) is 0 Å². The Balaban J connectivity index is 0. The Bertz CT molecular complexity index is 623. The maximum Gasteiger partial charge on any atom is 4.00 e. The molecule has 9 nitrogen and oxygen atoms in total. The zero-order valence-electron chi connectivity index (χ0n) is 9.83. The summed E-state index contributed by atoms with van der Waals surface area (Å²) in [6.07, 6.45) is 0. The summed E-state index contributed by atoms with van der Waals surface area (Å²) in [6, 6.07) is 4.05. The van der Waals surface area contributed by atoms with Gasteiger partial charge in [0, 0.05) is 5.30 Å². The molecule has 0 saturated carbocycles. The second-order valence-electron chi connectivity index (χ2n) is 3.21. The van der Waals surface area contributed by atoms with Gasteiger partial charge in [-0.2, -0.15) is 8.42 Å². The normalized spacial score (nSPS) is 11.9. The third kappa shape index (κ3) is 10.1. The van der Waals surface area contributed by atoms with Crippen molar-refractivity contribution in [2.75, 3.05) is 6.66 Å². The van der Waals surface area contributed by atoms with Crippen LogP contribution in [-0.4, -0.2) is 19.6 Å². The van der Waals surface area contributed by atoms with E-state index in [0.717, 1.165) is 12.1 Å². The smallest absolute Gasteiger partial charge is 0.811 e. The Morgan fingerprint density at radius 3 is 1.65 bits per heavy atom. The number of hydrogen-bond donors (Lipinski definition) is 1. The summed E-state index contributed by atoms with van der Waals surface area (Å²) in [6.45, 7) is 0.632. The fourth-order valence-corrected chi connectivity index (χ4v) is 2.78. The van der Waals surface area contributed by atoms with Crippen LogP contribution in [-0.2, 0) is 45.5 Å². The van der Waals surface area contributed by atoms with Gasteiger partial charge in [-0.05, 0) is 20.3 Å². The molecule has 110 valence electrons. The quantitative estimate of drug-likeness (QED) is 0.384. The zero-order valence-corrected chi connectivity index (χ0v) is 14.9. The molecule has 20 heavy (non-hydrogen) atoms. The maximum absolute atomic E-state index is 10.7. The molecule has 0 unspecified atom stereocenters. The van der Waals surface area contributed by atoms with Crippen LogP contribution in [0.4, 0.5) is 0 Å². The van der Waals surface area contributed by atoms with Crippen LogP contribution in [0.25, 0.3) is 0 Å². The predicted octanol–water partition coefficient (Wildman–Crippen LogP) is -3.00. The van der Waals surface area contributed by atoms with E-state index in [-0.39, 0.29) is 26.2 Å². The summed E-state index contributed by atoms with van der Waals surface area (Å²) in [5, 5.41) is -0.928. The first-order chi connectivity index (χ1) is 8.23. The monoisotopic (exact) mass is 420 g/mol. The van der Waals surface area contributed by atoms with E-state index in [1.165, 1.54) is 12.1 Å². The van der Waals surface area contributed by atoms with Crippen molar-refractivity contribution in [1.82, 2.24) is 0 Å². The molecule has 0 aliphatic carbocycles. The van der Waals surface area contributed by atoms with Crippen molar-refractivity contribution in [3.05, 3.63) is 24.3 Å². The Morgan fingerprint density at radius 1 is 1.05 bits per heavy atom. The molecule has 1 aromatic rings. The van der Waals surface area contributed by atoms with Crippen LogP contribution in [0.1, 0.15) is 0 Å². The van der Waals surface area contributed by atoms with Gasteiger partial charge in [0.05, 0.1) is 0 Å². The van der Waals surface area contributed by atoms with Gasteiger partial charge >= 0.3 is 26.2 Å². The van der Waals surface area contributed by atoms with Gasteiger partial charge in [0.15, 0.2) is 0 Å². The molecule has 1 rings (SSSR count). The molecule has 0 aliphatic heterocycles. The molecule has 0 spiro atoms. The van der Waals surface area contributed by atoms with Gasteiger partial charge in [-0.25, -0.2) is 0 Å². The topological polar surface area (TPSA) is 181 Å². The van der Waals surface area contributed by atoms with Gasteiger partial charge in [0.1, 0.15) is 4.90 Å². The molecule has 1 N–H and O–H groups in total. The van der Waals surface area contributed by atoms with Crippen molar-refractivity contribution in [2.24, 2.45) is 0 Å². The minimum Gasteiger partial charge on any atom is -0.811 e. The minimum absolute atomic E-state index is 0. The third-order valence-electron chi connectivity index (χ3n) is 1.44. The first-order valence-corrected chi connectivity index (χ1v) is 9.29. The van der Waals surface area contributed by atoms with Crippen LogP contribution in [0.5, 0.6) is 0 Å². The second kappa shape index (κ2) is 8.08. The Morgan fingerprint density at radius 2 is 1.40 bits per heavy atom. The van der Waals surface area contributed by atoms with Crippen molar-refractivity contribution in [2.45, 2.75) is 4.90 Å². The van der Waals surface area contributed by atoms with Crippen LogP contribution >= 0.6 is 15.2 Å². The molecule has 0 aliphatic rings. The van der Waals surface area contributed by atoms with Crippen LogP contribution < -0.4 is 24.9 Å². The van der Waals surface area contributed by atoms with E-state index >= 15 is 0 Å². The first-order valence-electron chi connectivity index (χ1n) is 4.31. The molecule has 1 aromatic carbocycles. The van der Waals surface area contributed by atoms with Crippen molar-refractivity contribution in [1.29, 1.82) is 0 Å². The molecular formula is C7H8O9P2SZr. The molecule has 0 bridgehead atoms.